The second-order valence-electron chi connectivity index (χ2n) is 5.15. The first kappa shape index (κ1) is 20.3. The first-order valence-electron chi connectivity index (χ1n) is 6.54. The molecule has 7 heteroatoms. The molecule has 4 nitrogen and oxygen atoms in total. The number of benzene rings is 1. The topological polar surface area (TPSA) is 44.4 Å². The molecule has 2 rings (SSSR count). The minimum Gasteiger partial charge on any atom is -0.375 e. The van der Waals surface area contributed by atoms with Crippen LogP contribution in [0.1, 0.15) is 12.8 Å². The van der Waals surface area contributed by atoms with Gasteiger partial charge in [-0.2, -0.15) is 0 Å². The van der Waals surface area contributed by atoms with Crippen molar-refractivity contribution in [3.05, 3.63) is 23.2 Å². The van der Waals surface area contributed by atoms with Crippen LogP contribution in [-0.2, 0) is 4.79 Å². The Balaban J connectivity index is 0.00000200. The number of nitrogens with zero attached hydrogens (tertiary/aromatic N) is 1. The van der Waals surface area contributed by atoms with Gasteiger partial charge in [-0.3, -0.25) is 4.79 Å². The number of hydrogen-bond donors (Lipinski definition) is 2. The van der Waals surface area contributed by atoms with E-state index < -0.39 is 0 Å². The van der Waals surface area contributed by atoms with Crippen molar-refractivity contribution in [1.29, 1.82) is 0 Å². The Labute approximate surface area is 143 Å². The highest BCUT2D eigenvalue weighted by Crippen LogP contribution is 2.32. The zero-order valence-corrected chi connectivity index (χ0v) is 14.6. The van der Waals surface area contributed by atoms with Crippen molar-refractivity contribution in [2.24, 2.45) is 5.92 Å². The Kier molecular flexibility index (Phi) is 9.06. The smallest absolute Gasteiger partial charge is 0.238 e. The van der Waals surface area contributed by atoms with Gasteiger partial charge < -0.3 is 15.5 Å². The van der Waals surface area contributed by atoms with Crippen LogP contribution in [0.3, 0.4) is 0 Å². The van der Waals surface area contributed by atoms with Crippen molar-refractivity contribution < 1.29 is 4.79 Å². The molecule has 0 aromatic heterocycles. The summed E-state index contributed by atoms with van der Waals surface area (Å²) < 4.78 is 0. The largest absolute Gasteiger partial charge is 0.375 e. The normalized spacial score (nSPS) is 12.9. The SMILES string of the molecule is CN(C)c1c(Cl)cccc1NC(=O)CNCC1CC1.Cl.Cl. The first-order chi connectivity index (χ1) is 9.08. The molecule has 2 N–H and O–H groups in total. The molecule has 120 valence electrons. The van der Waals surface area contributed by atoms with E-state index in [0.717, 1.165) is 23.8 Å². The molecule has 1 aromatic rings. The summed E-state index contributed by atoms with van der Waals surface area (Å²) in [6.45, 7) is 1.28. The fraction of sp³-hybridized carbons (Fsp3) is 0.500. The standard InChI is InChI=1S/C14H20ClN3O.2ClH/c1-18(2)14-11(15)4-3-5-12(14)17-13(19)9-16-8-10-6-7-10;;/h3-5,10,16H,6-9H2,1-2H3,(H,17,19);2*1H. The monoisotopic (exact) mass is 353 g/mol. The van der Waals surface area contributed by atoms with E-state index in [-0.39, 0.29) is 30.7 Å². The van der Waals surface area contributed by atoms with E-state index in [0.29, 0.717) is 11.6 Å². The molecule has 0 bridgehead atoms. The Morgan fingerprint density at radius 2 is 2.00 bits per heavy atom. The van der Waals surface area contributed by atoms with Gasteiger partial charge in [-0.15, -0.1) is 24.8 Å². The molecule has 0 unspecified atom stereocenters. The van der Waals surface area contributed by atoms with Gasteiger partial charge in [0.25, 0.3) is 0 Å². The zero-order valence-electron chi connectivity index (χ0n) is 12.2. The van der Waals surface area contributed by atoms with Crippen molar-refractivity contribution in [2.45, 2.75) is 12.8 Å². The third-order valence-corrected chi connectivity index (χ3v) is 3.43. The lowest BCUT2D eigenvalue weighted by Crippen LogP contribution is -2.30. The third-order valence-electron chi connectivity index (χ3n) is 3.12. The van der Waals surface area contributed by atoms with Crippen LogP contribution in [0.4, 0.5) is 11.4 Å². The van der Waals surface area contributed by atoms with Crippen LogP contribution < -0.4 is 15.5 Å². The van der Waals surface area contributed by atoms with Crippen LogP contribution in [0.15, 0.2) is 18.2 Å². The van der Waals surface area contributed by atoms with Crippen molar-refractivity contribution in [3.63, 3.8) is 0 Å². The quantitative estimate of drug-likeness (QED) is 0.824. The molecule has 0 spiro atoms. The fourth-order valence-corrected chi connectivity index (χ4v) is 2.32. The maximum Gasteiger partial charge on any atom is 0.238 e. The molecular weight excluding hydrogens is 333 g/mol. The maximum atomic E-state index is 11.9. The van der Waals surface area contributed by atoms with Gasteiger partial charge in [0.15, 0.2) is 0 Å². The van der Waals surface area contributed by atoms with Crippen molar-refractivity contribution >= 4 is 53.7 Å². The number of nitrogens with one attached hydrogen (secondary N) is 2. The first-order valence-corrected chi connectivity index (χ1v) is 6.92. The molecule has 1 aliphatic rings. The molecule has 0 saturated heterocycles. The van der Waals surface area contributed by atoms with E-state index in [1.807, 2.05) is 37.2 Å². The third kappa shape index (κ3) is 6.30. The lowest BCUT2D eigenvalue weighted by molar-refractivity contribution is -0.115. The highest BCUT2D eigenvalue weighted by Gasteiger charge is 2.20. The van der Waals surface area contributed by atoms with E-state index in [4.69, 9.17) is 11.6 Å². The van der Waals surface area contributed by atoms with Crippen molar-refractivity contribution in [1.82, 2.24) is 5.32 Å². The second-order valence-corrected chi connectivity index (χ2v) is 5.56. The molecule has 1 fully saturated rings. The summed E-state index contributed by atoms with van der Waals surface area (Å²) in [6, 6.07) is 5.51. The number of anilines is 2. The summed E-state index contributed by atoms with van der Waals surface area (Å²) in [4.78, 5) is 13.8. The van der Waals surface area contributed by atoms with Crippen molar-refractivity contribution in [3.8, 4) is 0 Å². The van der Waals surface area contributed by atoms with E-state index in [1.54, 1.807) is 0 Å². The zero-order chi connectivity index (χ0) is 13.8. The number of carbonyl (C=O) groups excluding carboxylic acids is 1. The van der Waals surface area contributed by atoms with Crippen LogP contribution in [0.25, 0.3) is 0 Å². The van der Waals surface area contributed by atoms with E-state index in [2.05, 4.69) is 10.6 Å². The van der Waals surface area contributed by atoms with Crippen molar-refractivity contribution in [2.75, 3.05) is 37.4 Å². The van der Waals surface area contributed by atoms with Gasteiger partial charge in [0.1, 0.15) is 0 Å². The lowest BCUT2D eigenvalue weighted by Gasteiger charge is -2.19. The van der Waals surface area contributed by atoms with Crippen LogP contribution in [0.2, 0.25) is 5.02 Å². The summed E-state index contributed by atoms with van der Waals surface area (Å²) in [5.41, 5.74) is 1.58. The number of rotatable bonds is 6. The Bertz CT molecular complexity index is 465. The molecule has 0 radical (unpaired) electrons. The predicted octanol–water partition coefficient (Wildman–Crippen LogP) is 3.19. The molecule has 0 heterocycles. The fourth-order valence-electron chi connectivity index (χ4n) is 1.98. The van der Waals surface area contributed by atoms with Gasteiger partial charge in [-0.1, -0.05) is 17.7 Å². The van der Waals surface area contributed by atoms with Gasteiger partial charge in [-0.05, 0) is 37.4 Å². The Morgan fingerprint density at radius 3 is 2.57 bits per heavy atom. The summed E-state index contributed by atoms with van der Waals surface area (Å²) in [5, 5.41) is 6.70. The predicted molar refractivity (Wildman–Crippen MR) is 94.5 cm³/mol. The Hall–Kier alpha value is -0.680. The summed E-state index contributed by atoms with van der Waals surface area (Å²) in [6.07, 6.45) is 2.57. The molecule has 1 saturated carbocycles. The average molecular weight is 355 g/mol. The van der Waals surface area contributed by atoms with Crippen LogP contribution >= 0.6 is 36.4 Å². The van der Waals surface area contributed by atoms with Gasteiger partial charge >= 0.3 is 0 Å². The summed E-state index contributed by atoms with van der Waals surface area (Å²) in [7, 11) is 3.81. The second kappa shape index (κ2) is 9.36. The number of hydrogen-bond acceptors (Lipinski definition) is 3. The molecule has 1 aliphatic carbocycles. The molecular formula is C14H22Cl3N3O. The van der Waals surface area contributed by atoms with Gasteiger partial charge in [0, 0.05) is 14.1 Å². The number of carbonyl (C=O) groups is 1. The molecule has 1 aromatic carbocycles. The maximum absolute atomic E-state index is 11.9. The van der Waals surface area contributed by atoms with Crippen LogP contribution in [0.5, 0.6) is 0 Å². The number of halogens is 3. The number of para-hydroxylation sites is 1. The highest BCUT2D eigenvalue weighted by molar-refractivity contribution is 6.34. The summed E-state index contributed by atoms with van der Waals surface area (Å²) in [5.74, 6) is 0.738. The van der Waals surface area contributed by atoms with Gasteiger partial charge in [0.2, 0.25) is 5.91 Å². The molecule has 0 atom stereocenters. The van der Waals surface area contributed by atoms with E-state index in [1.165, 1.54) is 12.8 Å². The van der Waals surface area contributed by atoms with Crippen LogP contribution in [0, 0.1) is 5.92 Å². The highest BCUT2D eigenvalue weighted by atomic mass is 35.5. The average Bonchev–Trinajstić information content (AvgIpc) is 3.12. The van der Waals surface area contributed by atoms with E-state index >= 15 is 0 Å². The molecule has 21 heavy (non-hydrogen) atoms. The van der Waals surface area contributed by atoms with Gasteiger partial charge in [0.05, 0.1) is 22.9 Å². The van der Waals surface area contributed by atoms with E-state index in [9.17, 15) is 4.79 Å². The summed E-state index contributed by atoms with van der Waals surface area (Å²) >= 11 is 6.15. The molecule has 1 amide bonds. The minimum atomic E-state index is -0.0361. The van der Waals surface area contributed by atoms with Gasteiger partial charge in [-0.25, -0.2) is 0 Å². The lowest BCUT2D eigenvalue weighted by atomic mass is 10.2. The minimum absolute atomic E-state index is 0. The van der Waals surface area contributed by atoms with Crippen LogP contribution in [-0.4, -0.2) is 33.1 Å². The Morgan fingerprint density at radius 1 is 1.33 bits per heavy atom. The molecule has 0 aliphatic heterocycles. The number of amides is 1.